The van der Waals surface area contributed by atoms with Crippen LogP contribution in [0.5, 0.6) is 0 Å². The molecule has 0 aliphatic heterocycles. The van der Waals surface area contributed by atoms with Crippen molar-refractivity contribution >= 4 is 5.91 Å². The monoisotopic (exact) mass is 283 g/mol. The third kappa shape index (κ3) is 4.58. The van der Waals surface area contributed by atoms with Crippen molar-refractivity contribution in [1.29, 1.82) is 0 Å². The van der Waals surface area contributed by atoms with Crippen LogP contribution >= 0.6 is 0 Å². The maximum Gasteiger partial charge on any atom is 0.249 e. The lowest BCUT2D eigenvalue weighted by Gasteiger charge is -2.25. The van der Waals surface area contributed by atoms with Gasteiger partial charge in [0.05, 0.1) is 6.54 Å². The molecule has 0 saturated heterocycles. The molecule has 0 aliphatic rings. The normalized spacial score (nSPS) is 15.4. The summed E-state index contributed by atoms with van der Waals surface area (Å²) in [6.07, 6.45) is 0.0577. The molecule has 2 atom stereocenters. The Kier molecular flexibility index (Phi) is 6.10. The van der Waals surface area contributed by atoms with Gasteiger partial charge in [-0.3, -0.25) is 4.79 Å². The van der Waals surface area contributed by atoms with Crippen molar-refractivity contribution in [2.24, 2.45) is 0 Å². The third-order valence-electron chi connectivity index (χ3n) is 3.10. The van der Waals surface area contributed by atoms with E-state index in [1.165, 1.54) is 24.3 Å². The van der Waals surface area contributed by atoms with Crippen LogP contribution in [0.25, 0.3) is 0 Å². The zero-order valence-corrected chi connectivity index (χ0v) is 12.1. The average molecular weight is 283 g/mol. The summed E-state index contributed by atoms with van der Waals surface area (Å²) in [7, 11) is 0. The van der Waals surface area contributed by atoms with Crippen molar-refractivity contribution in [1.82, 2.24) is 5.32 Å². The average Bonchev–Trinajstić information content (AvgIpc) is 2.42. The van der Waals surface area contributed by atoms with Crippen LogP contribution in [-0.2, 0) is 15.1 Å². The number of rotatable bonds is 7. The van der Waals surface area contributed by atoms with Gasteiger partial charge in [0.1, 0.15) is 17.5 Å². The van der Waals surface area contributed by atoms with Crippen molar-refractivity contribution in [3.8, 4) is 0 Å². The number of nitrogens with one attached hydrogen (secondary N) is 1. The third-order valence-corrected chi connectivity index (χ3v) is 3.10. The van der Waals surface area contributed by atoms with Crippen LogP contribution in [0, 0.1) is 5.82 Å². The van der Waals surface area contributed by atoms with Crippen LogP contribution in [0.2, 0.25) is 0 Å². The summed E-state index contributed by atoms with van der Waals surface area (Å²) in [5, 5.41) is 13.0. The van der Waals surface area contributed by atoms with E-state index in [1.54, 1.807) is 6.92 Å². The van der Waals surface area contributed by atoms with E-state index < -0.39 is 11.7 Å². The van der Waals surface area contributed by atoms with E-state index in [1.807, 2.05) is 13.8 Å². The molecule has 5 heteroatoms. The first kappa shape index (κ1) is 16.6. The Morgan fingerprint density at radius 2 is 2.00 bits per heavy atom. The largest absolute Gasteiger partial charge is 0.384 e. The fourth-order valence-corrected chi connectivity index (χ4v) is 1.86. The molecule has 2 N–H and O–H groups in total. The van der Waals surface area contributed by atoms with Crippen LogP contribution < -0.4 is 5.32 Å². The van der Waals surface area contributed by atoms with E-state index in [9.17, 15) is 14.3 Å². The number of hydrogen-bond donors (Lipinski definition) is 2. The zero-order valence-electron chi connectivity index (χ0n) is 12.1. The summed E-state index contributed by atoms with van der Waals surface area (Å²) >= 11 is 0. The lowest BCUT2D eigenvalue weighted by atomic mass is 9.96. The molecular weight excluding hydrogens is 261 g/mol. The maximum absolute atomic E-state index is 12.9. The van der Waals surface area contributed by atoms with Crippen molar-refractivity contribution in [2.45, 2.75) is 38.9 Å². The predicted octanol–water partition coefficient (Wildman–Crippen LogP) is 1.96. The number of ether oxygens (including phenoxy) is 1. The van der Waals surface area contributed by atoms with E-state index >= 15 is 0 Å². The van der Waals surface area contributed by atoms with Crippen LogP contribution in [-0.4, -0.2) is 30.3 Å². The Hall–Kier alpha value is -1.46. The Bertz CT molecular complexity index is 431. The number of benzene rings is 1. The van der Waals surface area contributed by atoms with Crippen molar-refractivity contribution in [3.63, 3.8) is 0 Å². The molecule has 4 nitrogen and oxygen atoms in total. The summed E-state index contributed by atoms with van der Waals surface area (Å²) in [4.78, 5) is 11.9. The molecule has 20 heavy (non-hydrogen) atoms. The summed E-state index contributed by atoms with van der Waals surface area (Å²) < 4.78 is 18.2. The van der Waals surface area contributed by atoms with Gasteiger partial charge in [-0.2, -0.15) is 0 Å². The minimum Gasteiger partial charge on any atom is -0.384 e. The summed E-state index contributed by atoms with van der Waals surface area (Å²) in [6.45, 7) is 5.76. The van der Waals surface area contributed by atoms with E-state index in [0.29, 0.717) is 18.6 Å². The fraction of sp³-hybridized carbons (Fsp3) is 0.533. The Morgan fingerprint density at radius 3 is 2.50 bits per heavy atom. The van der Waals surface area contributed by atoms with Gasteiger partial charge in [-0.05, 0) is 38.0 Å². The Labute approximate surface area is 119 Å². The van der Waals surface area contributed by atoms with Crippen molar-refractivity contribution in [3.05, 3.63) is 35.6 Å². The van der Waals surface area contributed by atoms with Gasteiger partial charge in [0.2, 0.25) is 5.91 Å². The van der Waals surface area contributed by atoms with Gasteiger partial charge in [-0.15, -0.1) is 0 Å². The second-order valence-electron chi connectivity index (χ2n) is 4.85. The highest BCUT2D eigenvalue weighted by molar-refractivity contribution is 5.80. The van der Waals surface area contributed by atoms with Crippen LogP contribution in [0.4, 0.5) is 4.39 Å². The standard InChI is InChI=1S/C15H22FNO3/c1-4-13(20-5-2)14(18)17-10-15(3,19)11-6-8-12(16)9-7-11/h6-9,13,19H,4-5,10H2,1-3H3,(H,17,18). The smallest absolute Gasteiger partial charge is 0.249 e. The van der Waals surface area contributed by atoms with Gasteiger partial charge in [0.25, 0.3) is 0 Å². The van der Waals surface area contributed by atoms with Crippen molar-refractivity contribution < 1.29 is 19.0 Å². The fourth-order valence-electron chi connectivity index (χ4n) is 1.86. The highest BCUT2D eigenvalue weighted by Gasteiger charge is 2.25. The molecule has 0 aliphatic carbocycles. The number of carbonyl (C=O) groups is 1. The molecule has 2 unspecified atom stereocenters. The lowest BCUT2D eigenvalue weighted by molar-refractivity contribution is -0.133. The van der Waals surface area contributed by atoms with E-state index in [0.717, 1.165) is 0 Å². The molecule has 1 rings (SSSR count). The molecule has 1 amide bonds. The number of carbonyl (C=O) groups excluding carboxylic acids is 1. The molecule has 0 bridgehead atoms. The van der Waals surface area contributed by atoms with E-state index in [4.69, 9.17) is 4.74 Å². The van der Waals surface area contributed by atoms with Gasteiger partial charge in [-0.25, -0.2) is 4.39 Å². The molecule has 1 aromatic carbocycles. The van der Waals surface area contributed by atoms with E-state index in [-0.39, 0.29) is 18.3 Å². The van der Waals surface area contributed by atoms with Gasteiger partial charge >= 0.3 is 0 Å². The second kappa shape index (κ2) is 7.36. The van der Waals surface area contributed by atoms with Crippen molar-refractivity contribution in [2.75, 3.05) is 13.2 Å². The van der Waals surface area contributed by atoms with Gasteiger partial charge < -0.3 is 15.2 Å². The van der Waals surface area contributed by atoms with Crippen LogP contribution in [0.15, 0.2) is 24.3 Å². The second-order valence-corrected chi connectivity index (χ2v) is 4.85. The predicted molar refractivity (Wildman–Crippen MR) is 74.7 cm³/mol. The molecule has 0 spiro atoms. The molecule has 0 fully saturated rings. The Balaban J connectivity index is 2.62. The first-order chi connectivity index (χ1) is 9.40. The summed E-state index contributed by atoms with van der Waals surface area (Å²) in [6, 6.07) is 5.56. The molecular formula is C15H22FNO3. The maximum atomic E-state index is 12.9. The van der Waals surface area contributed by atoms with Gasteiger partial charge in [-0.1, -0.05) is 19.1 Å². The first-order valence-electron chi connectivity index (χ1n) is 6.78. The van der Waals surface area contributed by atoms with Gasteiger partial charge in [0.15, 0.2) is 0 Å². The SMILES string of the molecule is CCOC(CC)C(=O)NCC(C)(O)c1ccc(F)cc1. The highest BCUT2D eigenvalue weighted by atomic mass is 19.1. The Morgan fingerprint density at radius 1 is 1.40 bits per heavy atom. The summed E-state index contributed by atoms with van der Waals surface area (Å²) in [5.41, 5.74) is -0.711. The van der Waals surface area contributed by atoms with Gasteiger partial charge in [0, 0.05) is 6.61 Å². The van der Waals surface area contributed by atoms with Crippen LogP contribution in [0.1, 0.15) is 32.8 Å². The number of halogens is 1. The molecule has 1 aromatic rings. The highest BCUT2D eigenvalue weighted by Crippen LogP contribution is 2.20. The number of aliphatic hydroxyl groups is 1. The molecule has 0 aromatic heterocycles. The molecule has 112 valence electrons. The minimum atomic E-state index is -1.26. The molecule has 0 heterocycles. The summed E-state index contributed by atoms with van der Waals surface area (Å²) in [5.74, 6) is -0.618. The quantitative estimate of drug-likeness (QED) is 0.804. The van der Waals surface area contributed by atoms with Crippen LogP contribution in [0.3, 0.4) is 0 Å². The van der Waals surface area contributed by atoms with E-state index in [2.05, 4.69) is 5.32 Å². The zero-order chi connectivity index (χ0) is 15.2. The molecule has 0 saturated carbocycles. The minimum absolute atomic E-state index is 0.0427. The number of hydrogen-bond acceptors (Lipinski definition) is 3. The topological polar surface area (TPSA) is 58.6 Å². The number of amides is 1. The first-order valence-corrected chi connectivity index (χ1v) is 6.78. The lowest BCUT2D eigenvalue weighted by Crippen LogP contribution is -2.43. The molecule has 0 radical (unpaired) electrons.